The van der Waals surface area contributed by atoms with Gasteiger partial charge in [-0.25, -0.2) is 0 Å². The number of ether oxygens (including phenoxy) is 1. The van der Waals surface area contributed by atoms with E-state index < -0.39 is 6.10 Å². The first-order chi connectivity index (χ1) is 16.5. The molecule has 9 heteroatoms. The average Bonchev–Trinajstić information content (AvgIpc) is 3.51. The summed E-state index contributed by atoms with van der Waals surface area (Å²) in [5.74, 6) is 1.03. The molecule has 0 fully saturated rings. The van der Waals surface area contributed by atoms with Crippen LogP contribution in [0.4, 0.5) is 5.69 Å². The van der Waals surface area contributed by atoms with Crippen molar-refractivity contribution in [3.63, 3.8) is 0 Å². The van der Waals surface area contributed by atoms with E-state index >= 15 is 0 Å². The molecular formula is C25H20ClN5O2S. The van der Waals surface area contributed by atoms with Crippen LogP contribution in [0.15, 0.2) is 72.1 Å². The van der Waals surface area contributed by atoms with Gasteiger partial charge in [-0.3, -0.25) is 4.79 Å². The van der Waals surface area contributed by atoms with Gasteiger partial charge in [0.05, 0.1) is 10.6 Å². The highest BCUT2D eigenvalue weighted by atomic mass is 35.5. The number of aromatic nitrogens is 4. The van der Waals surface area contributed by atoms with Crippen molar-refractivity contribution in [1.29, 1.82) is 0 Å². The number of hydrogen-bond acceptors (Lipinski definition) is 6. The molecule has 0 aliphatic heterocycles. The third kappa shape index (κ3) is 4.50. The van der Waals surface area contributed by atoms with Crippen molar-refractivity contribution in [3.05, 3.63) is 82.7 Å². The molecule has 0 spiro atoms. The number of hydrogen-bond donors (Lipinski definition) is 1. The summed E-state index contributed by atoms with van der Waals surface area (Å²) in [4.78, 5) is 13.7. The average molecular weight is 490 g/mol. The summed E-state index contributed by atoms with van der Waals surface area (Å²) in [5.41, 5.74) is 3.79. The number of anilines is 1. The van der Waals surface area contributed by atoms with Gasteiger partial charge in [0.2, 0.25) is 0 Å². The maximum absolute atomic E-state index is 12.7. The number of halogens is 1. The normalized spacial score (nSPS) is 12.0. The molecule has 1 unspecified atom stereocenters. The highest BCUT2D eigenvalue weighted by Gasteiger charge is 2.16. The van der Waals surface area contributed by atoms with Crippen LogP contribution < -0.4 is 10.1 Å². The van der Waals surface area contributed by atoms with Crippen molar-refractivity contribution in [2.75, 3.05) is 5.32 Å². The van der Waals surface area contributed by atoms with Gasteiger partial charge in [0, 0.05) is 16.3 Å². The molecule has 2 aromatic carbocycles. The largest absolute Gasteiger partial charge is 0.481 e. The first kappa shape index (κ1) is 22.1. The molecule has 0 aliphatic rings. The summed E-state index contributed by atoms with van der Waals surface area (Å²) in [5, 5.41) is 18.8. The molecule has 0 saturated carbocycles. The summed E-state index contributed by atoms with van der Waals surface area (Å²) in [6.07, 6.45) is -0.691. The standard InChI is InChI=1S/C25H20ClN5O2S/c1-15-13-19(8-9-20(15)26)33-16(2)25(32)27-18-6-3-5-17(14-18)21-10-11-23-28-29-24(31(23)30-21)22-7-4-12-34-22/h3-14,16H,1-2H3,(H,27,32). The van der Waals surface area contributed by atoms with Crippen LogP contribution in [0.5, 0.6) is 5.75 Å². The topological polar surface area (TPSA) is 81.4 Å². The van der Waals surface area contributed by atoms with Gasteiger partial charge in [0.25, 0.3) is 5.91 Å². The van der Waals surface area contributed by atoms with Crippen molar-refractivity contribution >= 4 is 40.2 Å². The van der Waals surface area contributed by atoms with E-state index in [2.05, 4.69) is 15.5 Å². The van der Waals surface area contributed by atoms with Gasteiger partial charge in [-0.15, -0.1) is 21.5 Å². The monoisotopic (exact) mass is 489 g/mol. The Morgan fingerprint density at radius 2 is 1.97 bits per heavy atom. The van der Waals surface area contributed by atoms with Crippen LogP contribution in [-0.4, -0.2) is 31.8 Å². The van der Waals surface area contributed by atoms with Crippen molar-refractivity contribution in [3.8, 4) is 27.7 Å². The van der Waals surface area contributed by atoms with Crippen LogP contribution in [0, 0.1) is 6.92 Å². The Bertz CT molecular complexity index is 1480. The van der Waals surface area contributed by atoms with Crippen LogP contribution in [0.25, 0.3) is 27.6 Å². The van der Waals surface area contributed by atoms with E-state index in [0.717, 1.165) is 21.7 Å². The van der Waals surface area contributed by atoms with E-state index in [0.29, 0.717) is 27.9 Å². The molecule has 1 N–H and O–H groups in total. The van der Waals surface area contributed by atoms with Crippen LogP contribution in [0.2, 0.25) is 5.02 Å². The number of benzene rings is 2. The molecule has 1 amide bonds. The maximum atomic E-state index is 12.7. The molecule has 0 radical (unpaired) electrons. The van der Waals surface area contributed by atoms with E-state index in [1.807, 2.05) is 66.9 Å². The van der Waals surface area contributed by atoms with E-state index in [9.17, 15) is 4.79 Å². The Kier molecular flexibility index (Phi) is 6.00. The lowest BCUT2D eigenvalue weighted by Gasteiger charge is -2.16. The van der Waals surface area contributed by atoms with Gasteiger partial charge >= 0.3 is 0 Å². The molecule has 5 aromatic rings. The lowest BCUT2D eigenvalue weighted by molar-refractivity contribution is -0.122. The Hall–Kier alpha value is -3.75. The van der Waals surface area contributed by atoms with Crippen molar-refractivity contribution in [2.45, 2.75) is 20.0 Å². The fourth-order valence-corrected chi connectivity index (χ4v) is 4.26. The molecule has 34 heavy (non-hydrogen) atoms. The summed E-state index contributed by atoms with van der Waals surface area (Å²) in [6.45, 7) is 3.59. The molecule has 0 saturated heterocycles. The summed E-state index contributed by atoms with van der Waals surface area (Å²) < 4.78 is 7.52. The van der Waals surface area contributed by atoms with Gasteiger partial charge in [0.1, 0.15) is 5.75 Å². The van der Waals surface area contributed by atoms with Crippen LogP contribution in [0.3, 0.4) is 0 Å². The fourth-order valence-electron chi connectivity index (χ4n) is 3.45. The van der Waals surface area contributed by atoms with Gasteiger partial charge in [-0.1, -0.05) is 29.8 Å². The van der Waals surface area contributed by atoms with Crippen molar-refractivity contribution in [2.24, 2.45) is 0 Å². The smallest absolute Gasteiger partial charge is 0.265 e. The minimum Gasteiger partial charge on any atom is -0.481 e. The Morgan fingerprint density at radius 1 is 1.09 bits per heavy atom. The van der Waals surface area contributed by atoms with E-state index in [1.54, 1.807) is 34.9 Å². The summed E-state index contributed by atoms with van der Waals surface area (Å²) >= 11 is 7.65. The van der Waals surface area contributed by atoms with Crippen LogP contribution in [0.1, 0.15) is 12.5 Å². The predicted molar refractivity (Wildman–Crippen MR) is 134 cm³/mol. The van der Waals surface area contributed by atoms with Gasteiger partial charge in [-0.05, 0) is 73.3 Å². The third-order valence-corrected chi connectivity index (χ3v) is 6.53. The summed E-state index contributed by atoms with van der Waals surface area (Å²) in [6, 6.07) is 20.5. The lowest BCUT2D eigenvalue weighted by Crippen LogP contribution is -2.30. The highest BCUT2D eigenvalue weighted by Crippen LogP contribution is 2.26. The first-order valence-corrected chi connectivity index (χ1v) is 11.8. The molecule has 7 nitrogen and oxygen atoms in total. The minimum atomic E-state index is -0.691. The lowest BCUT2D eigenvalue weighted by atomic mass is 10.1. The first-order valence-electron chi connectivity index (χ1n) is 10.6. The fraction of sp³-hybridized carbons (Fsp3) is 0.120. The second kappa shape index (κ2) is 9.24. The maximum Gasteiger partial charge on any atom is 0.265 e. The van der Waals surface area contributed by atoms with Gasteiger partial charge in [0.15, 0.2) is 17.6 Å². The highest BCUT2D eigenvalue weighted by molar-refractivity contribution is 7.13. The molecule has 0 aliphatic carbocycles. The molecule has 1 atom stereocenters. The number of nitrogens with zero attached hydrogens (tertiary/aromatic N) is 4. The van der Waals surface area contributed by atoms with Crippen molar-refractivity contribution < 1.29 is 9.53 Å². The number of nitrogens with one attached hydrogen (secondary N) is 1. The quantitative estimate of drug-likeness (QED) is 0.321. The van der Waals surface area contributed by atoms with E-state index in [4.69, 9.17) is 21.4 Å². The van der Waals surface area contributed by atoms with Crippen molar-refractivity contribution in [1.82, 2.24) is 19.8 Å². The number of carbonyl (C=O) groups excluding carboxylic acids is 1. The molecule has 5 rings (SSSR count). The second-order valence-corrected chi connectivity index (χ2v) is 9.09. The number of fused-ring (bicyclic) bond motifs is 1. The zero-order chi connectivity index (χ0) is 23.7. The number of aryl methyl sites for hydroxylation is 1. The SMILES string of the molecule is Cc1cc(OC(C)C(=O)Nc2cccc(-c3ccc4nnc(-c5cccs5)n4n3)c2)ccc1Cl. The van der Waals surface area contributed by atoms with Gasteiger partial charge in [-0.2, -0.15) is 9.61 Å². The summed E-state index contributed by atoms with van der Waals surface area (Å²) in [7, 11) is 0. The third-order valence-electron chi connectivity index (χ3n) is 5.24. The van der Waals surface area contributed by atoms with Crippen LogP contribution in [-0.2, 0) is 4.79 Å². The molecule has 170 valence electrons. The van der Waals surface area contributed by atoms with E-state index in [-0.39, 0.29) is 5.91 Å². The predicted octanol–water partition coefficient (Wildman–Crippen LogP) is 5.89. The molecule has 3 aromatic heterocycles. The molecule has 3 heterocycles. The second-order valence-electron chi connectivity index (χ2n) is 7.73. The minimum absolute atomic E-state index is 0.257. The molecule has 0 bridgehead atoms. The Labute approximate surface area is 205 Å². The number of thiophene rings is 1. The number of rotatable bonds is 6. The molecular weight excluding hydrogens is 470 g/mol. The van der Waals surface area contributed by atoms with E-state index in [1.165, 1.54) is 0 Å². The zero-order valence-electron chi connectivity index (χ0n) is 18.4. The Balaban J connectivity index is 1.35. The van der Waals surface area contributed by atoms with Gasteiger partial charge < -0.3 is 10.1 Å². The number of amides is 1. The number of carbonyl (C=O) groups is 1. The zero-order valence-corrected chi connectivity index (χ0v) is 20.0. The van der Waals surface area contributed by atoms with Crippen LogP contribution >= 0.6 is 22.9 Å². The Morgan fingerprint density at radius 3 is 2.76 bits per heavy atom.